The van der Waals surface area contributed by atoms with Crippen LogP contribution in [0.2, 0.25) is 0 Å². The van der Waals surface area contributed by atoms with Crippen LogP contribution in [-0.2, 0) is 0 Å². The third-order valence-corrected chi connectivity index (χ3v) is 3.58. The molecule has 1 aromatic carbocycles. The molecule has 0 unspecified atom stereocenters. The minimum absolute atomic E-state index is 0.326. The van der Waals surface area contributed by atoms with Crippen molar-refractivity contribution in [1.29, 1.82) is 0 Å². The number of nitrogens with zero attached hydrogens (tertiary/aromatic N) is 2. The number of methoxy groups -OCH3 is 1. The first kappa shape index (κ1) is 15.7. The van der Waals surface area contributed by atoms with Gasteiger partial charge in [-0.05, 0) is 61.7 Å². The average molecular weight is 413 g/mol. The molecule has 1 N–H and O–H groups in total. The molecule has 2 aromatic rings. The van der Waals surface area contributed by atoms with E-state index in [1.54, 1.807) is 25.6 Å². The smallest absolute Gasteiger partial charge is 0.272 e. The van der Waals surface area contributed by atoms with Gasteiger partial charge in [0.1, 0.15) is 5.75 Å². The zero-order chi connectivity index (χ0) is 15.2. The van der Waals surface area contributed by atoms with Crippen LogP contribution < -0.4 is 10.2 Å². The molecule has 1 aromatic heterocycles. The zero-order valence-electron chi connectivity index (χ0n) is 11.0. The number of carbonyl (C=O) groups excluding carboxylic acids is 1. The molecule has 5 nitrogen and oxygen atoms in total. The second kappa shape index (κ2) is 7.33. The van der Waals surface area contributed by atoms with Crippen LogP contribution >= 0.6 is 31.9 Å². The number of amides is 1. The van der Waals surface area contributed by atoms with Crippen molar-refractivity contribution < 1.29 is 9.53 Å². The highest BCUT2D eigenvalue weighted by atomic mass is 79.9. The highest BCUT2D eigenvalue weighted by molar-refractivity contribution is 9.10. The van der Waals surface area contributed by atoms with E-state index in [4.69, 9.17) is 4.74 Å². The quantitative estimate of drug-likeness (QED) is 0.618. The molecule has 0 saturated heterocycles. The maximum atomic E-state index is 11.8. The van der Waals surface area contributed by atoms with Crippen molar-refractivity contribution in [2.75, 3.05) is 7.11 Å². The van der Waals surface area contributed by atoms with E-state index in [9.17, 15) is 4.79 Å². The van der Waals surface area contributed by atoms with Gasteiger partial charge in [0.2, 0.25) is 0 Å². The number of hydrazone groups is 1. The van der Waals surface area contributed by atoms with E-state index in [1.807, 2.05) is 18.2 Å². The Morgan fingerprint density at radius 3 is 2.81 bits per heavy atom. The van der Waals surface area contributed by atoms with Crippen LogP contribution in [0.5, 0.6) is 5.75 Å². The Morgan fingerprint density at radius 1 is 1.33 bits per heavy atom. The third kappa shape index (κ3) is 4.37. The summed E-state index contributed by atoms with van der Waals surface area (Å²) in [5.74, 6) is 0.407. The number of rotatable bonds is 4. The predicted molar refractivity (Wildman–Crippen MR) is 87.7 cm³/mol. The van der Waals surface area contributed by atoms with Gasteiger partial charge in [-0.2, -0.15) is 5.10 Å². The molecule has 21 heavy (non-hydrogen) atoms. The molecule has 1 amide bonds. The summed E-state index contributed by atoms with van der Waals surface area (Å²) in [5.41, 5.74) is 3.70. The number of halogens is 2. The summed E-state index contributed by atoms with van der Waals surface area (Å²) in [4.78, 5) is 15.8. The molecule has 0 aliphatic carbocycles. The predicted octanol–water partition coefficient (Wildman–Crippen LogP) is 3.38. The highest BCUT2D eigenvalue weighted by Gasteiger charge is 2.05. The molecular formula is C14H11Br2N3O2. The van der Waals surface area contributed by atoms with E-state index in [0.29, 0.717) is 5.56 Å². The SMILES string of the molecule is COc1ccc(C=NNC(=O)c2cncc(Br)c2)cc1Br. The summed E-state index contributed by atoms with van der Waals surface area (Å²) in [6.45, 7) is 0. The summed E-state index contributed by atoms with van der Waals surface area (Å²) < 4.78 is 6.69. The number of pyridine rings is 1. The molecule has 0 spiro atoms. The van der Waals surface area contributed by atoms with Gasteiger partial charge < -0.3 is 4.74 Å². The zero-order valence-corrected chi connectivity index (χ0v) is 14.2. The lowest BCUT2D eigenvalue weighted by Gasteiger charge is -2.03. The molecule has 0 fully saturated rings. The maximum absolute atomic E-state index is 11.8. The number of aromatic nitrogens is 1. The second-order valence-corrected chi connectivity index (χ2v) is 5.75. The fourth-order valence-corrected chi connectivity index (χ4v) is 2.45. The van der Waals surface area contributed by atoms with Crippen LogP contribution in [0.15, 0.2) is 50.7 Å². The Kier molecular flexibility index (Phi) is 5.46. The van der Waals surface area contributed by atoms with Crippen molar-refractivity contribution in [2.24, 2.45) is 5.10 Å². The van der Waals surface area contributed by atoms with E-state index < -0.39 is 0 Å². The summed E-state index contributed by atoms with van der Waals surface area (Å²) >= 11 is 6.64. The Morgan fingerprint density at radius 2 is 2.14 bits per heavy atom. The Hall–Kier alpha value is -1.73. The summed E-state index contributed by atoms with van der Waals surface area (Å²) in [7, 11) is 1.60. The summed E-state index contributed by atoms with van der Waals surface area (Å²) in [6.07, 6.45) is 4.63. The summed E-state index contributed by atoms with van der Waals surface area (Å²) in [6, 6.07) is 7.16. The standard InChI is InChI=1S/C14H11Br2N3O2/c1-21-13-3-2-9(4-12(13)16)6-18-19-14(20)10-5-11(15)8-17-7-10/h2-8H,1H3,(H,19,20). The molecule has 0 saturated carbocycles. The van der Waals surface area contributed by atoms with Crippen LogP contribution in [0.3, 0.4) is 0 Å². The largest absolute Gasteiger partial charge is 0.496 e. The van der Waals surface area contributed by atoms with Crippen molar-refractivity contribution in [3.05, 3.63) is 56.7 Å². The average Bonchev–Trinajstić information content (AvgIpc) is 2.47. The number of hydrogen-bond donors (Lipinski definition) is 1. The lowest BCUT2D eigenvalue weighted by Crippen LogP contribution is -2.17. The monoisotopic (exact) mass is 411 g/mol. The van der Waals surface area contributed by atoms with Crippen molar-refractivity contribution in [2.45, 2.75) is 0 Å². The first-order valence-corrected chi connectivity index (χ1v) is 7.46. The third-order valence-electron chi connectivity index (χ3n) is 2.52. The molecule has 0 radical (unpaired) electrons. The minimum Gasteiger partial charge on any atom is -0.496 e. The number of ether oxygens (including phenoxy) is 1. The molecule has 0 atom stereocenters. The number of hydrogen-bond acceptors (Lipinski definition) is 4. The van der Waals surface area contributed by atoms with Gasteiger partial charge in [-0.1, -0.05) is 0 Å². The Balaban J connectivity index is 2.02. The Labute approximate surface area is 138 Å². The van der Waals surface area contributed by atoms with Gasteiger partial charge >= 0.3 is 0 Å². The number of benzene rings is 1. The van der Waals surface area contributed by atoms with Gasteiger partial charge in [0.05, 0.1) is 23.4 Å². The van der Waals surface area contributed by atoms with Crippen molar-refractivity contribution >= 4 is 44.0 Å². The maximum Gasteiger partial charge on any atom is 0.272 e. The molecule has 0 bridgehead atoms. The lowest BCUT2D eigenvalue weighted by atomic mass is 10.2. The van der Waals surface area contributed by atoms with Gasteiger partial charge in [0, 0.05) is 16.9 Å². The van der Waals surface area contributed by atoms with Gasteiger partial charge in [0.25, 0.3) is 5.91 Å². The molecule has 7 heteroatoms. The first-order valence-electron chi connectivity index (χ1n) is 5.87. The minimum atomic E-state index is -0.326. The molecule has 2 rings (SSSR count). The van der Waals surface area contributed by atoms with Crippen LogP contribution in [0.4, 0.5) is 0 Å². The lowest BCUT2D eigenvalue weighted by molar-refractivity contribution is 0.0954. The molecule has 0 aliphatic rings. The number of carbonyl (C=O) groups is 1. The van der Waals surface area contributed by atoms with Gasteiger partial charge in [-0.15, -0.1) is 0 Å². The first-order chi connectivity index (χ1) is 10.1. The normalized spacial score (nSPS) is 10.6. The van der Waals surface area contributed by atoms with E-state index in [2.05, 4.69) is 47.4 Å². The van der Waals surface area contributed by atoms with E-state index >= 15 is 0 Å². The van der Waals surface area contributed by atoms with Crippen molar-refractivity contribution in [3.63, 3.8) is 0 Å². The molecule has 1 heterocycles. The van der Waals surface area contributed by atoms with E-state index in [1.165, 1.54) is 6.20 Å². The fraction of sp³-hybridized carbons (Fsp3) is 0.0714. The topological polar surface area (TPSA) is 63.6 Å². The van der Waals surface area contributed by atoms with E-state index in [0.717, 1.165) is 20.3 Å². The van der Waals surface area contributed by atoms with Crippen LogP contribution in [-0.4, -0.2) is 24.2 Å². The molecule has 108 valence electrons. The van der Waals surface area contributed by atoms with Gasteiger partial charge in [-0.25, -0.2) is 5.43 Å². The van der Waals surface area contributed by atoms with Crippen molar-refractivity contribution in [3.8, 4) is 5.75 Å². The Bertz CT molecular complexity index is 690. The van der Waals surface area contributed by atoms with Crippen molar-refractivity contribution in [1.82, 2.24) is 10.4 Å². The van der Waals surface area contributed by atoms with Crippen LogP contribution in [0.25, 0.3) is 0 Å². The second-order valence-electron chi connectivity index (χ2n) is 3.98. The summed E-state index contributed by atoms with van der Waals surface area (Å²) in [5, 5.41) is 3.91. The van der Waals surface area contributed by atoms with Gasteiger partial charge in [0.15, 0.2) is 0 Å². The number of nitrogens with one attached hydrogen (secondary N) is 1. The van der Waals surface area contributed by atoms with Crippen LogP contribution in [0.1, 0.15) is 15.9 Å². The fourth-order valence-electron chi connectivity index (χ4n) is 1.53. The molecular weight excluding hydrogens is 402 g/mol. The van der Waals surface area contributed by atoms with Crippen LogP contribution in [0, 0.1) is 0 Å². The molecule has 0 aliphatic heterocycles. The van der Waals surface area contributed by atoms with E-state index in [-0.39, 0.29) is 5.91 Å². The van der Waals surface area contributed by atoms with Gasteiger partial charge in [-0.3, -0.25) is 9.78 Å². The highest BCUT2D eigenvalue weighted by Crippen LogP contribution is 2.24.